The van der Waals surface area contributed by atoms with Crippen molar-refractivity contribution in [2.24, 2.45) is 0 Å². The SMILES string of the molecule is COc1ccc(CC2Oc3ccccc3N(CC(=O)NO)C2=O)cc1. The molecule has 0 fully saturated rings. The Morgan fingerprint density at radius 2 is 1.96 bits per heavy atom. The predicted octanol–water partition coefficient (Wildman–Crippen LogP) is 1.54. The first kappa shape index (κ1) is 16.8. The van der Waals surface area contributed by atoms with Crippen LogP contribution in [0, 0.1) is 0 Å². The number of amides is 2. The summed E-state index contributed by atoms with van der Waals surface area (Å²) in [6.45, 7) is -0.283. The molecular weight excluding hydrogens is 324 g/mol. The second kappa shape index (κ2) is 7.23. The van der Waals surface area contributed by atoms with Crippen molar-refractivity contribution in [3.63, 3.8) is 0 Å². The molecule has 130 valence electrons. The summed E-state index contributed by atoms with van der Waals surface area (Å²) in [5.74, 6) is 0.240. The van der Waals surface area contributed by atoms with Gasteiger partial charge >= 0.3 is 0 Å². The number of methoxy groups -OCH3 is 1. The highest BCUT2D eigenvalue weighted by Crippen LogP contribution is 2.34. The maximum absolute atomic E-state index is 12.8. The van der Waals surface area contributed by atoms with E-state index in [1.54, 1.807) is 36.9 Å². The largest absolute Gasteiger partial charge is 0.497 e. The zero-order valence-electron chi connectivity index (χ0n) is 13.6. The van der Waals surface area contributed by atoms with Gasteiger partial charge in [-0.2, -0.15) is 0 Å². The van der Waals surface area contributed by atoms with Crippen molar-refractivity contribution in [2.45, 2.75) is 12.5 Å². The number of carbonyl (C=O) groups excluding carboxylic acids is 2. The van der Waals surface area contributed by atoms with E-state index in [0.717, 1.165) is 11.3 Å². The van der Waals surface area contributed by atoms with Crippen molar-refractivity contribution in [3.8, 4) is 11.5 Å². The molecule has 1 atom stereocenters. The number of ether oxygens (including phenoxy) is 2. The molecule has 3 rings (SSSR count). The Morgan fingerprint density at radius 1 is 1.24 bits per heavy atom. The van der Waals surface area contributed by atoms with Gasteiger partial charge < -0.3 is 9.47 Å². The van der Waals surface area contributed by atoms with Gasteiger partial charge in [0.25, 0.3) is 11.8 Å². The zero-order valence-corrected chi connectivity index (χ0v) is 13.6. The minimum atomic E-state index is -0.755. The number of hydroxylamine groups is 1. The molecule has 2 aromatic rings. The fourth-order valence-corrected chi connectivity index (χ4v) is 2.72. The lowest BCUT2D eigenvalue weighted by Gasteiger charge is -2.33. The molecule has 1 aliphatic heterocycles. The van der Waals surface area contributed by atoms with E-state index in [-0.39, 0.29) is 12.5 Å². The number of carbonyl (C=O) groups is 2. The minimum absolute atomic E-state index is 0.283. The molecule has 7 heteroatoms. The molecule has 1 heterocycles. The molecule has 2 amide bonds. The fraction of sp³-hybridized carbons (Fsp3) is 0.222. The van der Waals surface area contributed by atoms with Gasteiger partial charge in [0.05, 0.1) is 12.8 Å². The second-order valence-corrected chi connectivity index (χ2v) is 5.59. The molecule has 1 aliphatic rings. The second-order valence-electron chi connectivity index (χ2n) is 5.59. The first-order chi connectivity index (χ1) is 12.1. The van der Waals surface area contributed by atoms with Crippen LogP contribution in [0.3, 0.4) is 0 Å². The van der Waals surface area contributed by atoms with E-state index in [9.17, 15) is 9.59 Å². The standard InChI is InChI=1S/C18H18N2O5/c1-24-13-8-6-12(7-9-13)10-16-18(22)20(11-17(21)19-23)14-4-2-3-5-15(14)25-16/h2-9,16,23H,10-11H2,1H3,(H,19,21). The van der Waals surface area contributed by atoms with Gasteiger partial charge in [0.2, 0.25) is 0 Å². The molecule has 0 saturated heterocycles. The van der Waals surface area contributed by atoms with Crippen LogP contribution < -0.4 is 19.9 Å². The molecule has 0 saturated carbocycles. The Morgan fingerprint density at radius 3 is 2.64 bits per heavy atom. The first-order valence-electron chi connectivity index (χ1n) is 7.75. The van der Waals surface area contributed by atoms with Gasteiger partial charge in [-0.1, -0.05) is 24.3 Å². The number of para-hydroxylation sites is 2. The van der Waals surface area contributed by atoms with Gasteiger partial charge in [-0.15, -0.1) is 0 Å². The number of hydrogen-bond donors (Lipinski definition) is 2. The lowest BCUT2D eigenvalue weighted by Crippen LogP contribution is -2.50. The molecule has 0 aliphatic carbocycles. The van der Waals surface area contributed by atoms with Crippen molar-refractivity contribution in [2.75, 3.05) is 18.6 Å². The summed E-state index contributed by atoms with van der Waals surface area (Å²) in [5.41, 5.74) is 2.96. The zero-order chi connectivity index (χ0) is 17.8. The van der Waals surface area contributed by atoms with E-state index < -0.39 is 12.0 Å². The highest BCUT2D eigenvalue weighted by molar-refractivity contribution is 6.03. The summed E-state index contributed by atoms with van der Waals surface area (Å²) in [4.78, 5) is 25.7. The van der Waals surface area contributed by atoms with Gasteiger partial charge in [-0.05, 0) is 29.8 Å². The van der Waals surface area contributed by atoms with Gasteiger partial charge in [-0.25, -0.2) is 5.48 Å². The smallest absolute Gasteiger partial charge is 0.268 e. The lowest BCUT2D eigenvalue weighted by atomic mass is 10.0. The maximum Gasteiger partial charge on any atom is 0.268 e. The van der Waals surface area contributed by atoms with Crippen molar-refractivity contribution >= 4 is 17.5 Å². The predicted molar refractivity (Wildman–Crippen MR) is 89.8 cm³/mol. The Labute approximate surface area is 144 Å². The fourth-order valence-electron chi connectivity index (χ4n) is 2.72. The monoisotopic (exact) mass is 342 g/mol. The molecule has 7 nitrogen and oxygen atoms in total. The van der Waals surface area contributed by atoms with Crippen LogP contribution in [0.25, 0.3) is 0 Å². The van der Waals surface area contributed by atoms with E-state index in [1.807, 2.05) is 24.3 Å². The Bertz CT molecular complexity index is 775. The van der Waals surface area contributed by atoms with Crippen LogP contribution in [0.1, 0.15) is 5.56 Å². The van der Waals surface area contributed by atoms with Gasteiger partial charge in [0.15, 0.2) is 6.10 Å². The maximum atomic E-state index is 12.8. The highest BCUT2D eigenvalue weighted by Gasteiger charge is 2.35. The topological polar surface area (TPSA) is 88.1 Å². The van der Waals surface area contributed by atoms with Crippen molar-refractivity contribution in [3.05, 3.63) is 54.1 Å². The number of benzene rings is 2. The van der Waals surface area contributed by atoms with Crippen LogP contribution in [0.5, 0.6) is 11.5 Å². The average Bonchev–Trinajstić information content (AvgIpc) is 2.65. The molecule has 0 spiro atoms. The number of hydrogen-bond acceptors (Lipinski definition) is 5. The van der Waals surface area contributed by atoms with E-state index in [4.69, 9.17) is 14.7 Å². The normalized spacial score (nSPS) is 16.0. The van der Waals surface area contributed by atoms with Gasteiger partial charge in [0.1, 0.15) is 18.0 Å². The van der Waals surface area contributed by atoms with Crippen molar-refractivity contribution < 1.29 is 24.3 Å². The summed E-state index contributed by atoms with van der Waals surface area (Å²) in [7, 11) is 1.59. The van der Waals surface area contributed by atoms with Crippen LogP contribution in [0.2, 0.25) is 0 Å². The quantitative estimate of drug-likeness (QED) is 0.636. The number of rotatable bonds is 5. The summed E-state index contributed by atoms with van der Waals surface area (Å²) in [6.07, 6.45) is -0.399. The van der Waals surface area contributed by atoms with Gasteiger partial charge in [-0.3, -0.25) is 19.7 Å². The third-order valence-electron chi connectivity index (χ3n) is 3.97. The lowest BCUT2D eigenvalue weighted by molar-refractivity contribution is -0.132. The third-order valence-corrected chi connectivity index (χ3v) is 3.97. The van der Waals surface area contributed by atoms with E-state index in [0.29, 0.717) is 17.9 Å². The third kappa shape index (κ3) is 3.56. The van der Waals surface area contributed by atoms with E-state index in [2.05, 4.69) is 0 Å². The Hall–Kier alpha value is -3.06. The summed E-state index contributed by atoms with van der Waals surface area (Å²) in [6, 6.07) is 14.3. The molecular formula is C18H18N2O5. The number of anilines is 1. The molecule has 25 heavy (non-hydrogen) atoms. The van der Waals surface area contributed by atoms with E-state index >= 15 is 0 Å². The number of nitrogens with zero attached hydrogens (tertiary/aromatic N) is 1. The van der Waals surface area contributed by atoms with Crippen LogP contribution in [-0.4, -0.2) is 36.8 Å². The summed E-state index contributed by atoms with van der Waals surface area (Å²) in [5, 5.41) is 8.77. The summed E-state index contributed by atoms with van der Waals surface area (Å²) < 4.78 is 11.0. The van der Waals surface area contributed by atoms with E-state index in [1.165, 1.54) is 4.90 Å². The van der Waals surface area contributed by atoms with Crippen molar-refractivity contribution in [1.82, 2.24) is 5.48 Å². The number of nitrogens with one attached hydrogen (secondary N) is 1. The van der Waals surface area contributed by atoms with Crippen molar-refractivity contribution in [1.29, 1.82) is 0 Å². The average molecular weight is 342 g/mol. The summed E-state index contributed by atoms with van der Waals surface area (Å²) >= 11 is 0. The Kier molecular flexibility index (Phi) is 4.85. The highest BCUT2D eigenvalue weighted by atomic mass is 16.5. The first-order valence-corrected chi connectivity index (χ1v) is 7.75. The van der Waals surface area contributed by atoms with Crippen LogP contribution in [0.4, 0.5) is 5.69 Å². The molecule has 1 unspecified atom stereocenters. The minimum Gasteiger partial charge on any atom is -0.497 e. The number of fused-ring (bicyclic) bond motifs is 1. The van der Waals surface area contributed by atoms with Gasteiger partial charge in [0, 0.05) is 6.42 Å². The van der Waals surface area contributed by atoms with Crippen LogP contribution in [0.15, 0.2) is 48.5 Å². The molecule has 2 N–H and O–H groups in total. The molecule has 2 aromatic carbocycles. The van der Waals surface area contributed by atoms with Crippen LogP contribution >= 0.6 is 0 Å². The van der Waals surface area contributed by atoms with Crippen LogP contribution in [-0.2, 0) is 16.0 Å². The molecule has 0 bridgehead atoms. The Balaban J connectivity index is 1.85. The molecule has 0 radical (unpaired) electrons. The molecule has 0 aromatic heterocycles.